The minimum atomic E-state index is -1.12. The molecule has 0 aromatic rings. The van der Waals surface area contributed by atoms with E-state index in [1.165, 1.54) is 4.90 Å². The van der Waals surface area contributed by atoms with Gasteiger partial charge in [-0.3, -0.25) is 4.90 Å². The molecule has 1 amide bonds. The first-order valence-corrected chi connectivity index (χ1v) is 5.61. The van der Waals surface area contributed by atoms with E-state index >= 15 is 0 Å². The molecule has 1 saturated heterocycles. The van der Waals surface area contributed by atoms with Crippen LogP contribution in [-0.2, 0) is 9.53 Å². The van der Waals surface area contributed by atoms with Crippen LogP contribution in [0.1, 0.15) is 33.6 Å². The van der Waals surface area contributed by atoms with Gasteiger partial charge in [-0.2, -0.15) is 0 Å². The second kappa shape index (κ2) is 4.91. The lowest BCUT2D eigenvalue weighted by Gasteiger charge is -2.36. The number of carboxylic acids is 1. The molecule has 1 aliphatic rings. The van der Waals surface area contributed by atoms with Crippen molar-refractivity contribution in [3.05, 3.63) is 0 Å². The molecule has 6 heteroatoms. The van der Waals surface area contributed by atoms with Crippen LogP contribution < -0.4 is 0 Å². The molecule has 98 valence electrons. The molecule has 0 aliphatic carbocycles. The van der Waals surface area contributed by atoms with Crippen molar-refractivity contribution in [2.24, 2.45) is 0 Å². The molecule has 1 unspecified atom stereocenters. The molecule has 0 radical (unpaired) electrons. The second-order valence-electron chi connectivity index (χ2n) is 5.21. The van der Waals surface area contributed by atoms with E-state index in [0.29, 0.717) is 6.42 Å². The molecule has 2 N–H and O–H groups in total. The van der Waals surface area contributed by atoms with Gasteiger partial charge in [-0.1, -0.05) is 0 Å². The number of ether oxygens (including phenoxy) is 1. The monoisotopic (exact) mass is 245 g/mol. The number of amides is 1. The quantitative estimate of drug-likeness (QED) is 0.714. The molecule has 0 spiro atoms. The van der Waals surface area contributed by atoms with E-state index in [-0.39, 0.29) is 13.0 Å². The number of carbonyl (C=O) groups is 2. The summed E-state index contributed by atoms with van der Waals surface area (Å²) >= 11 is 0. The highest BCUT2D eigenvalue weighted by molar-refractivity contribution is 5.80. The lowest BCUT2D eigenvalue weighted by molar-refractivity contribution is -0.146. The number of aliphatic hydroxyl groups excluding tert-OH is 1. The van der Waals surface area contributed by atoms with E-state index < -0.39 is 29.8 Å². The third-order valence-electron chi connectivity index (χ3n) is 2.49. The average Bonchev–Trinajstić information content (AvgIpc) is 2.14. The van der Waals surface area contributed by atoms with Crippen molar-refractivity contribution in [3.8, 4) is 0 Å². The highest BCUT2D eigenvalue weighted by atomic mass is 16.6. The van der Waals surface area contributed by atoms with Gasteiger partial charge in [0.1, 0.15) is 11.6 Å². The van der Waals surface area contributed by atoms with E-state index in [9.17, 15) is 14.7 Å². The summed E-state index contributed by atoms with van der Waals surface area (Å²) in [5.74, 6) is -1.12. The normalized spacial score (nSPS) is 25.5. The van der Waals surface area contributed by atoms with Crippen molar-refractivity contribution in [1.29, 1.82) is 0 Å². The Balaban J connectivity index is 2.73. The van der Waals surface area contributed by atoms with Crippen molar-refractivity contribution in [2.45, 2.75) is 51.4 Å². The molecule has 6 nitrogen and oxygen atoms in total. The van der Waals surface area contributed by atoms with Gasteiger partial charge in [0.05, 0.1) is 6.10 Å². The topological polar surface area (TPSA) is 87.1 Å². The number of rotatable bonds is 1. The van der Waals surface area contributed by atoms with Crippen LogP contribution in [0.15, 0.2) is 0 Å². The second-order valence-corrected chi connectivity index (χ2v) is 5.21. The zero-order valence-corrected chi connectivity index (χ0v) is 10.3. The molecule has 0 aromatic carbocycles. The molecule has 1 aliphatic heterocycles. The minimum Gasteiger partial charge on any atom is -0.480 e. The van der Waals surface area contributed by atoms with Crippen LogP contribution in [0.4, 0.5) is 4.79 Å². The molecular weight excluding hydrogens is 226 g/mol. The van der Waals surface area contributed by atoms with E-state index in [1.54, 1.807) is 20.8 Å². The maximum Gasteiger partial charge on any atom is 0.411 e. The van der Waals surface area contributed by atoms with Crippen molar-refractivity contribution >= 4 is 12.1 Å². The van der Waals surface area contributed by atoms with Gasteiger partial charge in [0.15, 0.2) is 0 Å². The Hall–Kier alpha value is -1.30. The molecule has 1 heterocycles. The number of hydrogen-bond acceptors (Lipinski definition) is 4. The van der Waals surface area contributed by atoms with Gasteiger partial charge in [0.25, 0.3) is 0 Å². The number of likely N-dealkylation sites (tertiary alicyclic amines) is 1. The van der Waals surface area contributed by atoms with Crippen LogP contribution in [-0.4, -0.2) is 51.5 Å². The summed E-state index contributed by atoms with van der Waals surface area (Å²) in [5.41, 5.74) is -0.657. The van der Waals surface area contributed by atoms with E-state index in [0.717, 1.165) is 0 Å². The van der Waals surface area contributed by atoms with Crippen LogP contribution in [0, 0.1) is 0 Å². The molecule has 2 atom stereocenters. The fourth-order valence-electron chi connectivity index (χ4n) is 1.72. The molecule has 0 bridgehead atoms. The smallest absolute Gasteiger partial charge is 0.411 e. The largest absolute Gasteiger partial charge is 0.480 e. The standard InChI is InChI=1S/C11H19NO5/c1-11(2,3)17-10(16)12-5-4-7(13)6-8(12)9(14)15/h7-8,13H,4-6H2,1-3H3,(H,14,15)/t7-,8?/m0/s1. The van der Waals surface area contributed by atoms with E-state index in [4.69, 9.17) is 9.84 Å². The van der Waals surface area contributed by atoms with Crippen molar-refractivity contribution in [2.75, 3.05) is 6.54 Å². The zero-order chi connectivity index (χ0) is 13.2. The SMILES string of the molecule is CC(C)(C)OC(=O)N1CC[C@H](O)CC1C(=O)O. The number of aliphatic carboxylic acids is 1. The molecule has 0 aromatic heterocycles. The predicted molar refractivity (Wildman–Crippen MR) is 59.6 cm³/mol. The lowest BCUT2D eigenvalue weighted by atomic mass is 10.0. The molecule has 0 saturated carbocycles. The maximum absolute atomic E-state index is 11.8. The van der Waals surface area contributed by atoms with Crippen molar-refractivity contribution in [3.63, 3.8) is 0 Å². The van der Waals surface area contributed by atoms with Gasteiger partial charge < -0.3 is 14.9 Å². The van der Waals surface area contributed by atoms with E-state index in [2.05, 4.69) is 0 Å². The first-order chi connectivity index (χ1) is 7.70. The fraction of sp³-hybridized carbons (Fsp3) is 0.818. The third-order valence-corrected chi connectivity index (χ3v) is 2.49. The Morgan fingerprint density at radius 1 is 1.35 bits per heavy atom. The Morgan fingerprint density at radius 3 is 2.41 bits per heavy atom. The minimum absolute atomic E-state index is 0.0502. The Morgan fingerprint density at radius 2 is 1.94 bits per heavy atom. The first-order valence-electron chi connectivity index (χ1n) is 5.61. The summed E-state index contributed by atoms with van der Waals surface area (Å²) in [6.07, 6.45) is -0.885. The van der Waals surface area contributed by atoms with Crippen molar-refractivity contribution < 1.29 is 24.5 Å². The summed E-state index contributed by atoms with van der Waals surface area (Å²) in [6, 6.07) is -1.01. The van der Waals surface area contributed by atoms with Crippen LogP contribution in [0.2, 0.25) is 0 Å². The number of carboxylic acid groups (broad SMARTS) is 1. The Bertz CT molecular complexity index is 309. The van der Waals surface area contributed by atoms with Gasteiger partial charge >= 0.3 is 12.1 Å². The summed E-state index contributed by atoms with van der Waals surface area (Å²) in [4.78, 5) is 24.0. The van der Waals surface area contributed by atoms with Crippen molar-refractivity contribution in [1.82, 2.24) is 4.90 Å². The van der Waals surface area contributed by atoms with Gasteiger partial charge in [0.2, 0.25) is 0 Å². The maximum atomic E-state index is 11.8. The molecule has 1 rings (SSSR count). The van der Waals surface area contributed by atoms with Gasteiger partial charge in [-0.25, -0.2) is 9.59 Å². The Labute approximate surface area is 100 Å². The van der Waals surface area contributed by atoms with Crippen LogP contribution in [0.5, 0.6) is 0 Å². The van der Waals surface area contributed by atoms with Gasteiger partial charge in [0, 0.05) is 13.0 Å². The summed E-state index contributed by atoms with van der Waals surface area (Å²) in [7, 11) is 0. The summed E-state index contributed by atoms with van der Waals surface area (Å²) in [6.45, 7) is 5.37. The molecule has 17 heavy (non-hydrogen) atoms. The summed E-state index contributed by atoms with van der Waals surface area (Å²) in [5, 5.41) is 18.4. The number of nitrogens with zero attached hydrogens (tertiary/aromatic N) is 1. The predicted octanol–water partition coefficient (Wildman–Crippen LogP) is 0.831. The lowest BCUT2D eigenvalue weighted by Crippen LogP contribution is -2.52. The number of aliphatic hydroxyl groups is 1. The van der Waals surface area contributed by atoms with Gasteiger partial charge in [-0.15, -0.1) is 0 Å². The van der Waals surface area contributed by atoms with Crippen LogP contribution in [0.25, 0.3) is 0 Å². The molecular formula is C11H19NO5. The first kappa shape index (κ1) is 13.8. The Kier molecular flexibility index (Phi) is 3.98. The number of hydrogen-bond donors (Lipinski definition) is 2. The third kappa shape index (κ3) is 3.89. The molecule has 1 fully saturated rings. The summed E-state index contributed by atoms with van der Waals surface area (Å²) < 4.78 is 5.13. The fourth-order valence-corrected chi connectivity index (χ4v) is 1.72. The highest BCUT2D eigenvalue weighted by Crippen LogP contribution is 2.20. The zero-order valence-electron chi connectivity index (χ0n) is 10.3. The number of carbonyl (C=O) groups excluding carboxylic acids is 1. The average molecular weight is 245 g/mol. The van der Waals surface area contributed by atoms with E-state index in [1.807, 2.05) is 0 Å². The highest BCUT2D eigenvalue weighted by Gasteiger charge is 2.37. The van der Waals surface area contributed by atoms with Crippen LogP contribution >= 0.6 is 0 Å². The van der Waals surface area contributed by atoms with Crippen LogP contribution in [0.3, 0.4) is 0 Å². The number of piperidine rings is 1. The van der Waals surface area contributed by atoms with Gasteiger partial charge in [-0.05, 0) is 27.2 Å².